The number of primary amides is 1. The predicted molar refractivity (Wildman–Crippen MR) is 79.0 cm³/mol. The molecule has 7 heteroatoms. The Morgan fingerprint density at radius 1 is 1.50 bits per heavy atom. The Labute approximate surface area is 119 Å². The molecule has 1 aromatic heterocycles. The van der Waals surface area contributed by atoms with Gasteiger partial charge in [-0.1, -0.05) is 13.8 Å². The van der Waals surface area contributed by atoms with Crippen molar-refractivity contribution in [2.45, 2.75) is 20.8 Å². The summed E-state index contributed by atoms with van der Waals surface area (Å²) in [5, 5.41) is 3.11. The lowest BCUT2D eigenvalue weighted by Crippen LogP contribution is -2.37. The van der Waals surface area contributed by atoms with Crippen molar-refractivity contribution in [2.24, 2.45) is 11.7 Å². The molecule has 0 aliphatic heterocycles. The second kappa shape index (κ2) is 7.52. The lowest BCUT2D eigenvalue weighted by Gasteiger charge is -2.26. The van der Waals surface area contributed by atoms with Crippen LogP contribution >= 0.6 is 0 Å². The van der Waals surface area contributed by atoms with E-state index in [4.69, 9.17) is 10.5 Å². The number of anilines is 2. The monoisotopic (exact) mass is 281 g/mol. The van der Waals surface area contributed by atoms with Crippen LogP contribution in [0, 0.1) is 5.92 Å². The molecule has 1 amide bonds. The number of amides is 1. The van der Waals surface area contributed by atoms with Crippen LogP contribution in [0.15, 0.2) is 6.33 Å². The van der Waals surface area contributed by atoms with E-state index in [0.717, 1.165) is 0 Å². The Hall–Kier alpha value is -2.05. The molecule has 0 aliphatic carbocycles. The van der Waals surface area contributed by atoms with Crippen LogP contribution in [0.1, 0.15) is 20.8 Å². The van der Waals surface area contributed by atoms with E-state index < -0.39 is 5.91 Å². The zero-order valence-corrected chi connectivity index (χ0v) is 12.5. The Balaban J connectivity index is 3.16. The van der Waals surface area contributed by atoms with Gasteiger partial charge < -0.3 is 20.7 Å². The predicted octanol–water partition coefficient (Wildman–Crippen LogP) is 0.865. The first kappa shape index (κ1) is 16.0. The minimum Gasteiger partial charge on any atom is -0.490 e. The zero-order chi connectivity index (χ0) is 15.1. The fourth-order valence-corrected chi connectivity index (χ4v) is 1.93. The number of hydrogen-bond donors (Lipinski definition) is 2. The van der Waals surface area contributed by atoms with Gasteiger partial charge in [0.1, 0.15) is 6.33 Å². The minimum absolute atomic E-state index is 0.0944. The first-order valence-corrected chi connectivity index (χ1v) is 6.65. The zero-order valence-electron chi connectivity index (χ0n) is 12.5. The third-order valence-electron chi connectivity index (χ3n) is 2.57. The normalized spacial score (nSPS) is 10.4. The van der Waals surface area contributed by atoms with Gasteiger partial charge in [-0.2, -0.15) is 0 Å². The molecule has 1 aromatic rings. The SMILES string of the molecule is CCNc1ncnc(N(CC(N)=O)CC(C)C)c1OC. The number of carbonyl (C=O) groups excluding carboxylic acids is 1. The standard InChI is InChI=1S/C13H23N5O2/c1-5-15-12-11(20-4)13(17-8-16-12)18(6-9(2)3)7-10(14)19/h8-9H,5-7H2,1-4H3,(H2,14,19)(H,15,16,17). The largest absolute Gasteiger partial charge is 0.490 e. The van der Waals surface area contributed by atoms with Crippen molar-refractivity contribution in [3.63, 3.8) is 0 Å². The number of carbonyl (C=O) groups is 1. The molecule has 0 aliphatic rings. The molecule has 1 heterocycles. The number of nitrogens with one attached hydrogen (secondary N) is 1. The van der Waals surface area contributed by atoms with Gasteiger partial charge in [-0.25, -0.2) is 9.97 Å². The van der Waals surface area contributed by atoms with Gasteiger partial charge in [-0.3, -0.25) is 4.79 Å². The van der Waals surface area contributed by atoms with E-state index in [2.05, 4.69) is 29.1 Å². The van der Waals surface area contributed by atoms with E-state index in [1.807, 2.05) is 11.8 Å². The fourth-order valence-electron chi connectivity index (χ4n) is 1.93. The molecule has 0 saturated carbocycles. The van der Waals surface area contributed by atoms with Crippen LogP contribution in [0.4, 0.5) is 11.6 Å². The molecule has 3 N–H and O–H groups in total. The molecule has 0 fully saturated rings. The molecule has 0 bridgehead atoms. The van der Waals surface area contributed by atoms with Crippen molar-refractivity contribution in [3.8, 4) is 5.75 Å². The summed E-state index contributed by atoms with van der Waals surface area (Å²) in [6.07, 6.45) is 1.45. The number of methoxy groups -OCH3 is 1. The highest BCUT2D eigenvalue weighted by Gasteiger charge is 2.20. The van der Waals surface area contributed by atoms with E-state index in [-0.39, 0.29) is 6.54 Å². The van der Waals surface area contributed by atoms with Crippen LogP contribution < -0.4 is 20.7 Å². The molecular formula is C13H23N5O2. The van der Waals surface area contributed by atoms with Crippen LogP contribution in [-0.2, 0) is 4.79 Å². The van der Waals surface area contributed by atoms with Gasteiger partial charge in [-0.15, -0.1) is 0 Å². The van der Waals surface area contributed by atoms with Crippen LogP contribution in [0.25, 0.3) is 0 Å². The highest BCUT2D eigenvalue weighted by atomic mass is 16.5. The lowest BCUT2D eigenvalue weighted by molar-refractivity contribution is -0.116. The number of hydrogen-bond acceptors (Lipinski definition) is 6. The van der Waals surface area contributed by atoms with Gasteiger partial charge in [0.2, 0.25) is 11.7 Å². The van der Waals surface area contributed by atoms with Gasteiger partial charge >= 0.3 is 0 Å². The van der Waals surface area contributed by atoms with Crippen molar-refractivity contribution in [1.82, 2.24) is 9.97 Å². The van der Waals surface area contributed by atoms with Crippen molar-refractivity contribution in [3.05, 3.63) is 6.33 Å². The highest BCUT2D eigenvalue weighted by molar-refractivity contribution is 5.80. The van der Waals surface area contributed by atoms with E-state index in [1.165, 1.54) is 6.33 Å². The van der Waals surface area contributed by atoms with Crippen molar-refractivity contribution in [2.75, 3.05) is 37.0 Å². The molecule has 20 heavy (non-hydrogen) atoms. The summed E-state index contributed by atoms with van der Waals surface area (Å²) in [5.74, 6) is 1.66. The summed E-state index contributed by atoms with van der Waals surface area (Å²) < 4.78 is 5.39. The maximum atomic E-state index is 11.3. The van der Waals surface area contributed by atoms with E-state index in [9.17, 15) is 4.79 Å². The second-order valence-corrected chi connectivity index (χ2v) is 4.85. The van der Waals surface area contributed by atoms with E-state index >= 15 is 0 Å². The number of nitrogens with two attached hydrogens (primary N) is 1. The van der Waals surface area contributed by atoms with Gasteiger partial charge in [0.05, 0.1) is 13.7 Å². The third kappa shape index (κ3) is 4.25. The fraction of sp³-hybridized carbons (Fsp3) is 0.615. The van der Waals surface area contributed by atoms with Crippen LogP contribution in [-0.4, -0.2) is 42.6 Å². The van der Waals surface area contributed by atoms with Crippen molar-refractivity contribution >= 4 is 17.5 Å². The second-order valence-electron chi connectivity index (χ2n) is 4.85. The summed E-state index contributed by atoms with van der Waals surface area (Å²) in [6.45, 7) is 7.56. The Bertz CT molecular complexity index is 450. The Kier molecular flexibility index (Phi) is 6.02. The van der Waals surface area contributed by atoms with Crippen molar-refractivity contribution < 1.29 is 9.53 Å². The molecular weight excluding hydrogens is 258 g/mol. The molecule has 112 valence electrons. The Morgan fingerprint density at radius 2 is 2.20 bits per heavy atom. The topological polar surface area (TPSA) is 93.4 Å². The van der Waals surface area contributed by atoms with Crippen LogP contribution in [0.2, 0.25) is 0 Å². The third-order valence-corrected chi connectivity index (χ3v) is 2.57. The smallest absolute Gasteiger partial charge is 0.237 e. The molecule has 0 radical (unpaired) electrons. The highest BCUT2D eigenvalue weighted by Crippen LogP contribution is 2.32. The number of rotatable bonds is 8. The maximum absolute atomic E-state index is 11.3. The quantitative estimate of drug-likeness (QED) is 0.734. The first-order chi connectivity index (χ1) is 9.49. The molecule has 0 unspecified atom stereocenters. The minimum atomic E-state index is -0.406. The van der Waals surface area contributed by atoms with E-state index in [0.29, 0.717) is 36.4 Å². The van der Waals surface area contributed by atoms with Gasteiger partial charge in [0, 0.05) is 13.1 Å². The van der Waals surface area contributed by atoms with E-state index in [1.54, 1.807) is 7.11 Å². The van der Waals surface area contributed by atoms with Gasteiger partial charge in [0.15, 0.2) is 11.6 Å². The summed E-state index contributed by atoms with van der Waals surface area (Å²) in [5.41, 5.74) is 5.31. The molecule has 0 spiro atoms. The number of ether oxygens (including phenoxy) is 1. The molecule has 0 saturated heterocycles. The van der Waals surface area contributed by atoms with Crippen molar-refractivity contribution in [1.29, 1.82) is 0 Å². The first-order valence-electron chi connectivity index (χ1n) is 6.65. The summed E-state index contributed by atoms with van der Waals surface area (Å²) >= 11 is 0. The molecule has 1 rings (SSSR count). The van der Waals surface area contributed by atoms with Crippen LogP contribution in [0.3, 0.4) is 0 Å². The lowest BCUT2D eigenvalue weighted by atomic mass is 10.2. The number of aromatic nitrogens is 2. The maximum Gasteiger partial charge on any atom is 0.237 e. The molecule has 0 atom stereocenters. The Morgan fingerprint density at radius 3 is 2.70 bits per heavy atom. The summed E-state index contributed by atoms with van der Waals surface area (Å²) in [4.78, 5) is 21.5. The summed E-state index contributed by atoms with van der Waals surface area (Å²) in [7, 11) is 1.56. The van der Waals surface area contributed by atoms with Gasteiger partial charge in [0.25, 0.3) is 0 Å². The molecule has 7 nitrogen and oxygen atoms in total. The summed E-state index contributed by atoms with van der Waals surface area (Å²) in [6, 6.07) is 0. The number of nitrogens with zero attached hydrogens (tertiary/aromatic N) is 3. The average Bonchev–Trinajstić information content (AvgIpc) is 2.37. The van der Waals surface area contributed by atoms with Gasteiger partial charge in [-0.05, 0) is 12.8 Å². The average molecular weight is 281 g/mol. The van der Waals surface area contributed by atoms with Crippen LogP contribution in [0.5, 0.6) is 5.75 Å². The molecule has 0 aromatic carbocycles.